The molecule has 0 bridgehead atoms. The summed E-state index contributed by atoms with van der Waals surface area (Å²) in [4.78, 5) is 25.7. The molecule has 0 aliphatic carbocycles. The average molecular weight is 479 g/mol. The summed E-state index contributed by atoms with van der Waals surface area (Å²) in [5.41, 5.74) is 7.76. The zero-order valence-electron chi connectivity index (χ0n) is 19.1. The quantitative estimate of drug-likeness (QED) is 0.323. The fraction of sp³-hybridized carbons (Fsp3) is 0.0370. The molecule has 9 heteroatoms. The minimum atomic E-state index is -0.756. The van der Waals surface area contributed by atoms with Gasteiger partial charge in [0.2, 0.25) is 0 Å². The van der Waals surface area contributed by atoms with Crippen molar-refractivity contribution in [1.82, 2.24) is 30.4 Å². The smallest absolute Gasteiger partial charge is 0.294 e. The summed E-state index contributed by atoms with van der Waals surface area (Å²) in [5.74, 6) is -1.62. The third-order valence-electron chi connectivity index (χ3n) is 5.46. The van der Waals surface area contributed by atoms with Crippen molar-refractivity contribution >= 4 is 11.8 Å². The van der Waals surface area contributed by atoms with Gasteiger partial charge in [-0.2, -0.15) is 10.2 Å². The largest absolute Gasteiger partial charge is 0.504 e. The van der Waals surface area contributed by atoms with Crippen LogP contribution in [0.2, 0.25) is 0 Å². The molecular formula is C27H22N6O3. The van der Waals surface area contributed by atoms with Crippen LogP contribution in [0.3, 0.4) is 0 Å². The lowest BCUT2D eigenvalue weighted by atomic mass is 10.1. The van der Waals surface area contributed by atoms with Gasteiger partial charge in [0.05, 0.1) is 24.0 Å². The van der Waals surface area contributed by atoms with Crippen molar-refractivity contribution in [2.45, 2.75) is 6.54 Å². The van der Waals surface area contributed by atoms with E-state index in [-0.39, 0.29) is 17.0 Å². The first-order valence-electron chi connectivity index (χ1n) is 11.2. The Balaban J connectivity index is 1.35. The Bertz CT molecular complexity index is 1490. The number of carbonyl (C=O) groups excluding carboxylic acids is 2. The Labute approximate surface area is 206 Å². The highest BCUT2D eigenvalue weighted by molar-refractivity contribution is 6.02. The zero-order valence-corrected chi connectivity index (χ0v) is 19.1. The summed E-state index contributed by atoms with van der Waals surface area (Å²) in [7, 11) is 0. The van der Waals surface area contributed by atoms with E-state index in [4.69, 9.17) is 0 Å². The number of nitrogens with one attached hydrogen (secondary N) is 2. The number of carbonyl (C=O) groups is 2. The lowest BCUT2D eigenvalue weighted by Gasteiger charge is -2.06. The van der Waals surface area contributed by atoms with Gasteiger partial charge in [0.1, 0.15) is 5.69 Å². The van der Waals surface area contributed by atoms with Crippen LogP contribution in [0.25, 0.3) is 16.9 Å². The summed E-state index contributed by atoms with van der Waals surface area (Å²) >= 11 is 0. The number of para-hydroxylation sites is 1. The highest BCUT2D eigenvalue weighted by atomic mass is 16.3. The van der Waals surface area contributed by atoms with E-state index >= 15 is 0 Å². The third kappa shape index (κ3) is 4.85. The van der Waals surface area contributed by atoms with E-state index in [0.29, 0.717) is 17.9 Å². The lowest BCUT2D eigenvalue weighted by Crippen LogP contribution is -2.42. The Hall–Kier alpha value is -5.18. The molecule has 5 rings (SSSR count). The first-order valence-corrected chi connectivity index (χ1v) is 11.2. The number of hydrogen-bond acceptors (Lipinski definition) is 5. The third-order valence-corrected chi connectivity index (χ3v) is 5.46. The van der Waals surface area contributed by atoms with Gasteiger partial charge in [-0.25, -0.2) is 4.68 Å². The van der Waals surface area contributed by atoms with Crippen LogP contribution in [0.5, 0.6) is 5.75 Å². The summed E-state index contributed by atoms with van der Waals surface area (Å²) < 4.78 is 3.06. The number of rotatable bonds is 6. The Morgan fingerprint density at radius 3 is 2.06 bits per heavy atom. The van der Waals surface area contributed by atoms with Gasteiger partial charge < -0.3 is 5.11 Å². The zero-order chi connectivity index (χ0) is 24.9. The Kier molecular flexibility index (Phi) is 6.27. The molecule has 5 aromatic rings. The van der Waals surface area contributed by atoms with Crippen LogP contribution in [0.1, 0.15) is 26.4 Å². The second-order valence-corrected chi connectivity index (χ2v) is 7.99. The second-order valence-electron chi connectivity index (χ2n) is 7.99. The number of aromatic nitrogens is 4. The molecule has 0 radical (unpaired) electrons. The van der Waals surface area contributed by atoms with Gasteiger partial charge in [0, 0.05) is 11.8 Å². The molecule has 0 saturated heterocycles. The monoisotopic (exact) mass is 478 g/mol. The maximum absolute atomic E-state index is 13.1. The van der Waals surface area contributed by atoms with E-state index < -0.39 is 11.8 Å². The van der Waals surface area contributed by atoms with Gasteiger partial charge in [0.25, 0.3) is 11.8 Å². The van der Waals surface area contributed by atoms with Gasteiger partial charge in [-0.05, 0) is 17.7 Å². The van der Waals surface area contributed by atoms with E-state index in [2.05, 4.69) is 21.0 Å². The van der Waals surface area contributed by atoms with Crippen LogP contribution in [-0.2, 0) is 6.54 Å². The molecule has 2 aromatic heterocycles. The lowest BCUT2D eigenvalue weighted by molar-refractivity contribution is 0.0842. The predicted octanol–water partition coefficient (Wildman–Crippen LogP) is 3.56. The summed E-state index contributed by atoms with van der Waals surface area (Å²) in [5, 5.41) is 19.0. The second kappa shape index (κ2) is 9.98. The SMILES string of the molecule is O=C(NNC(=O)c1nn(-c2ccccc2)cc1O)c1cn(Cc2ccccc2)nc1-c1ccccc1. The fourth-order valence-electron chi connectivity index (χ4n) is 3.73. The fourth-order valence-corrected chi connectivity index (χ4v) is 3.73. The van der Waals surface area contributed by atoms with E-state index in [0.717, 1.165) is 11.1 Å². The number of aromatic hydroxyl groups is 1. The van der Waals surface area contributed by atoms with Crippen molar-refractivity contribution in [2.75, 3.05) is 0 Å². The molecule has 2 heterocycles. The van der Waals surface area contributed by atoms with Crippen molar-refractivity contribution < 1.29 is 14.7 Å². The molecule has 3 N–H and O–H groups in total. The van der Waals surface area contributed by atoms with Gasteiger partial charge in [-0.1, -0.05) is 78.9 Å². The van der Waals surface area contributed by atoms with Crippen LogP contribution in [0, 0.1) is 0 Å². The topological polar surface area (TPSA) is 114 Å². The highest BCUT2D eigenvalue weighted by Gasteiger charge is 2.21. The minimum absolute atomic E-state index is 0.220. The molecule has 0 spiro atoms. The van der Waals surface area contributed by atoms with Crippen molar-refractivity contribution in [1.29, 1.82) is 0 Å². The molecule has 178 valence electrons. The first-order chi connectivity index (χ1) is 17.6. The van der Waals surface area contributed by atoms with E-state index in [1.165, 1.54) is 10.9 Å². The molecule has 0 saturated carbocycles. The van der Waals surface area contributed by atoms with E-state index in [1.807, 2.05) is 78.9 Å². The van der Waals surface area contributed by atoms with E-state index in [1.54, 1.807) is 23.0 Å². The van der Waals surface area contributed by atoms with Crippen LogP contribution in [0.4, 0.5) is 0 Å². The summed E-state index contributed by atoms with van der Waals surface area (Å²) in [6, 6.07) is 28.1. The molecule has 0 fully saturated rings. The normalized spacial score (nSPS) is 10.7. The molecule has 3 aromatic carbocycles. The summed E-state index contributed by atoms with van der Waals surface area (Å²) in [6.07, 6.45) is 2.96. The Morgan fingerprint density at radius 2 is 1.36 bits per heavy atom. The number of nitrogens with zero attached hydrogens (tertiary/aromatic N) is 4. The first kappa shape index (κ1) is 22.6. The molecule has 0 aliphatic heterocycles. The molecule has 0 unspecified atom stereocenters. The molecule has 0 atom stereocenters. The molecule has 0 aliphatic rings. The highest BCUT2D eigenvalue weighted by Crippen LogP contribution is 2.23. The van der Waals surface area contributed by atoms with Crippen molar-refractivity contribution in [3.63, 3.8) is 0 Å². The maximum atomic E-state index is 13.1. The van der Waals surface area contributed by atoms with Gasteiger partial charge >= 0.3 is 0 Å². The molecule has 9 nitrogen and oxygen atoms in total. The predicted molar refractivity (Wildman–Crippen MR) is 133 cm³/mol. The van der Waals surface area contributed by atoms with Gasteiger partial charge in [-0.15, -0.1) is 0 Å². The van der Waals surface area contributed by atoms with Crippen LogP contribution < -0.4 is 10.9 Å². The molecule has 2 amide bonds. The molecular weight excluding hydrogens is 456 g/mol. The number of hydrazine groups is 1. The van der Waals surface area contributed by atoms with Crippen molar-refractivity contribution in [3.8, 4) is 22.7 Å². The average Bonchev–Trinajstić information content (AvgIpc) is 3.52. The Morgan fingerprint density at radius 1 is 0.750 bits per heavy atom. The standard InChI is InChI=1S/C27H22N6O3/c34-23-18-33(21-14-8-3-9-15-21)31-25(23)27(36)29-28-26(35)22-17-32(16-19-10-4-1-5-11-19)30-24(22)20-12-6-2-7-13-20/h1-15,17-18,34H,16H2,(H,28,35)(H,29,36). The van der Waals surface area contributed by atoms with Crippen LogP contribution >= 0.6 is 0 Å². The van der Waals surface area contributed by atoms with Gasteiger partial charge in [-0.3, -0.25) is 25.1 Å². The van der Waals surface area contributed by atoms with Crippen molar-refractivity contribution in [3.05, 3.63) is 120 Å². The molecule has 36 heavy (non-hydrogen) atoms. The maximum Gasteiger partial charge on any atom is 0.294 e. The van der Waals surface area contributed by atoms with Crippen LogP contribution in [-0.4, -0.2) is 36.5 Å². The number of hydrogen-bond donors (Lipinski definition) is 3. The van der Waals surface area contributed by atoms with Crippen LogP contribution in [0.15, 0.2) is 103 Å². The number of benzene rings is 3. The van der Waals surface area contributed by atoms with E-state index in [9.17, 15) is 14.7 Å². The van der Waals surface area contributed by atoms with Gasteiger partial charge in [0.15, 0.2) is 11.4 Å². The number of amides is 2. The minimum Gasteiger partial charge on any atom is -0.504 e. The van der Waals surface area contributed by atoms with Crippen molar-refractivity contribution in [2.24, 2.45) is 0 Å². The summed E-state index contributed by atoms with van der Waals surface area (Å²) in [6.45, 7) is 0.477.